The Morgan fingerprint density at radius 2 is 2.43 bits per heavy atom. The molecule has 1 rings (SSSR count). The maximum atomic E-state index is 8.85. The van der Waals surface area contributed by atoms with Crippen LogP contribution in [0, 0.1) is 0 Å². The van der Waals surface area contributed by atoms with Crippen molar-refractivity contribution >= 4 is 11.8 Å². The molecule has 0 aliphatic heterocycles. The lowest BCUT2D eigenvalue weighted by Gasteiger charge is -2.00. The molecule has 0 spiro atoms. The van der Waals surface area contributed by atoms with Gasteiger partial charge in [-0.05, 0) is 12.5 Å². The zero-order chi connectivity index (χ0) is 10.2. The summed E-state index contributed by atoms with van der Waals surface area (Å²) >= 11 is 1.58. The summed E-state index contributed by atoms with van der Waals surface area (Å²) in [6.45, 7) is 0.723. The van der Waals surface area contributed by atoms with E-state index in [0.29, 0.717) is 10.9 Å². The van der Waals surface area contributed by atoms with E-state index >= 15 is 0 Å². The summed E-state index contributed by atoms with van der Waals surface area (Å²) in [6.07, 6.45) is 2.64. The predicted octanol–water partition coefficient (Wildman–Crippen LogP) is 1.10. The maximum Gasteiger partial charge on any atom is 0.187 e. The first-order valence-electron chi connectivity index (χ1n) is 4.41. The van der Waals surface area contributed by atoms with E-state index in [1.165, 1.54) is 0 Å². The van der Waals surface area contributed by atoms with Gasteiger partial charge >= 0.3 is 0 Å². The summed E-state index contributed by atoms with van der Waals surface area (Å²) in [5.41, 5.74) is 0.661. The van der Waals surface area contributed by atoms with Crippen LogP contribution in [0.2, 0.25) is 0 Å². The molecule has 1 aromatic rings. The number of ether oxygens (including phenoxy) is 1. The Bertz CT molecular complexity index is 271. The SMILES string of the molecule is COCCCSc1nccc(CO)n1. The summed E-state index contributed by atoms with van der Waals surface area (Å²) in [5, 5.41) is 9.57. The molecule has 5 heteroatoms. The Hall–Kier alpha value is -0.650. The minimum Gasteiger partial charge on any atom is -0.390 e. The number of aromatic nitrogens is 2. The van der Waals surface area contributed by atoms with Gasteiger partial charge in [0.2, 0.25) is 0 Å². The number of hydrogen-bond acceptors (Lipinski definition) is 5. The Morgan fingerprint density at radius 1 is 1.57 bits per heavy atom. The molecule has 78 valence electrons. The largest absolute Gasteiger partial charge is 0.390 e. The van der Waals surface area contributed by atoms with Crippen molar-refractivity contribution in [2.45, 2.75) is 18.2 Å². The number of methoxy groups -OCH3 is 1. The summed E-state index contributed by atoms with van der Waals surface area (Å²) < 4.78 is 4.93. The molecule has 1 N–H and O–H groups in total. The monoisotopic (exact) mass is 214 g/mol. The van der Waals surface area contributed by atoms with Crippen LogP contribution in [-0.4, -0.2) is 34.5 Å². The summed E-state index contributed by atoms with van der Waals surface area (Å²) in [6, 6.07) is 1.71. The molecule has 0 saturated heterocycles. The first-order chi connectivity index (χ1) is 6.86. The van der Waals surface area contributed by atoms with Crippen LogP contribution in [0.5, 0.6) is 0 Å². The molecule has 0 aliphatic rings. The molecule has 0 aromatic carbocycles. The molecule has 0 radical (unpaired) electrons. The number of thioether (sulfide) groups is 1. The number of aliphatic hydroxyl groups is 1. The molecule has 14 heavy (non-hydrogen) atoms. The summed E-state index contributed by atoms with van der Waals surface area (Å²) in [4.78, 5) is 8.23. The van der Waals surface area contributed by atoms with Gasteiger partial charge in [-0.3, -0.25) is 0 Å². The van der Waals surface area contributed by atoms with E-state index in [0.717, 1.165) is 18.8 Å². The standard InChI is InChI=1S/C9H14N2O2S/c1-13-5-2-6-14-9-10-4-3-8(7-12)11-9/h3-4,12H,2,5-7H2,1H3. The van der Waals surface area contributed by atoms with Gasteiger partial charge in [-0.2, -0.15) is 0 Å². The zero-order valence-corrected chi connectivity index (χ0v) is 8.96. The maximum absolute atomic E-state index is 8.85. The Labute approximate surface area is 87.7 Å². The Balaban J connectivity index is 2.34. The fourth-order valence-corrected chi connectivity index (χ4v) is 1.66. The van der Waals surface area contributed by atoms with Crippen LogP contribution in [-0.2, 0) is 11.3 Å². The highest BCUT2D eigenvalue weighted by molar-refractivity contribution is 7.99. The molecule has 0 fully saturated rings. The van der Waals surface area contributed by atoms with Crippen LogP contribution in [0.25, 0.3) is 0 Å². The smallest absolute Gasteiger partial charge is 0.187 e. The third-order valence-electron chi connectivity index (χ3n) is 1.58. The van der Waals surface area contributed by atoms with E-state index in [-0.39, 0.29) is 6.61 Å². The van der Waals surface area contributed by atoms with Crippen molar-refractivity contribution in [2.75, 3.05) is 19.5 Å². The van der Waals surface area contributed by atoms with Gasteiger partial charge in [-0.1, -0.05) is 11.8 Å². The zero-order valence-electron chi connectivity index (χ0n) is 8.14. The van der Waals surface area contributed by atoms with Crippen molar-refractivity contribution in [1.82, 2.24) is 9.97 Å². The van der Waals surface area contributed by atoms with Crippen LogP contribution < -0.4 is 0 Å². The fourth-order valence-electron chi connectivity index (χ4n) is 0.900. The van der Waals surface area contributed by atoms with Gasteiger partial charge in [0.05, 0.1) is 12.3 Å². The lowest BCUT2D eigenvalue weighted by atomic mass is 10.4. The van der Waals surface area contributed by atoms with Crippen LogP contribution in [0.4, 0.5) is 0 Å². The van der Waals surface area contributed by atoms with Gasteiger partial charge in [0, 0.05) is 25.7 Å². The highest BCUT2D eigenvalue weighted by Crippen LogP contribution is 2.13. The molecule has 0 amide bonds. The molecular weight excluding hydrogens is 200 g/mol. The van der Waals surface area contributed by atoms with Crippen molar-refractivity contribution in [3.8, 4) is 0 Å². The second-order valence-corrected chi connectivity index (χ2v) is 3.75. The lowest BCUT2D eigenvalue weighted by molar-refractivity contribution is 0.200. The number of hydrogen-bond donors (Lipinski definition) is 1. The van der Waals surface area contributed by atoms with Gasteiger partial charge in [0.1, 0.15) is 0 Å². The third-order valence-corrected chi connectivity index (χ3v) is 2.52. The minimum atomic E-state index is -0.0336. The van der Waals surface area contributed by atoms with Gasteiger partial charge in [-0.15, -0.1) is 0 Å². The molecule has 0 aliphatic carbocycles. The van der Waals surface area contributed by atoms with Gasteiger partial charge < -0.3 is 9.84 Å². The topological polar surface area (TPSA) is 55.2 Å². The Morgan fingerprint density at radius 3 is 3.14 bits per heavy atom. The quantitative estimate of drug-likeness (QED) is 0.436. The van der Waals surface area contributed by atoms with E-state index in [2.05, 4.69) is 9.97 Å². The molecule has 0 unspecified atom stereocenters. The second-order valence-electron chi connectivity index (χ2n) is 2.68. The lowest BCUT2D eigenvalue weighted by Crippen LogP contribution is -1.95. The van der Waals surface area contributed by atoms with E-state index < -0.39 is 0 Å². The van der Waals surface area contributed by atoms with Crippen LogP contribution in [0.1, 0.15) is 12.1 Å². The normalized spacial score (nSPS) is 10.4. The molecule has 0 bridgehead atoms. The Kier molecular flexibility index (Phi) is 5.51. The molecule has 1 heterocycles. The van der Waals surface area contributed by atoms with Gasteiger partial charge in [0.25, 0.3) is 0 Å². The van der Waals surface area contributed by atoms with Gasteiger partial charge in [-0.25, -0.2) is 9.97 Å². The van der Waals surface area contributed by atoms with Crippen LogP contribution in [0.3, 0.4) is 0 Å². The highest BCUT2D eigenvalue weighted by Gasteiger charge is 1.98. The number of aliphatic hydroxyl groups excluding tert-OH is 1. The molecular formula is C9H14N2O2S. The third kappa shape index (κ3) is 4.04. The minimum absolute atomic E-state index is 0.0336. The molecule has 0 saturated carbocycles. The highest BCUT2D eigenvalue weighted by atomic mass is 32.2. The average molecular weight is 214 g/mol. The first kappa shape index (κ1) is 11.4. The van der Waals surface area contributed by atoms with Crippen molar-refractivity contribution in [2.24, 2.45) is 0 Å². The second kappa shape index (κ2) is 6.75. The summed E-state index contributed by atoms with van der Waals surface area (Å²) in [5.74, 6) is 0.933. The number of nitrogens with zero attached hydrogens (tertiary/aromatic N) is 2. The van der Waals surface area contributed by atoms with Crippen molar-refractivity contribution < 1.29 is 9.84 Å². The number of rotatable bonds is 6. The van der Waals surface area contributed by atoms with Crippen molar-refractivity contribution in [3.63, 3.8) is 0 Å². The van der Waals surface area contributed by atoms with E-state index in [9.17, 15) is 0 Å². The van der Waals surface area contributed by atoms with Crippen LogP contribution in [0.15, 0.2) is 17.4 Å². The fraction of sp³-hybridized carbons (Fsp3) is 0.556. The van der Waals surface area contributed by atoms with E-state index in [4.69, 9.17) is 9.84 Å². The van der Waals surface area contributed by atoms with Crippen LogP contribution >= 0.6 is 11.8 Å². The summed E-state index contributed by atoms with van der Waals surface area (Å²) in [7, 11) is 1.69. The predicted molar refractivity (Wildman–Crippen MR) is 55.2 cm³/mol. The van der Waals surface area contributed by atoms with E-state index in [1.807, 2.05) is 0 Å². The molecule has 1 aromatic heterocycles. The molecule has 4 nitrogen and oxygen atoms in total. The van der Waals surface area contributed by atoms with E-state index in [1.54, 1.807) is 31.1 Å². The van der Waals surface area contributed by atoms with Gasteiger partial charge in [0.15, 0.2) is 5.16 Å². The van der Waals surface area contributed by atoms with Crippen molar-refractivity contribution in [1.29, 1.82) is 0 Å². The average Bonchev–Trinajstić information content (AvgIpc) is 2.25. The first-order valence-corrected chi connectivity index (χ1v) is 5.40. The van der Waals surface area contributed by atoms with Crippen molar-refractivity contribution in [3.05, 3.63) is 18.0 Å². The molecule has 0 atom stereocenters.